The van der Waals surface area contributed by atoms with Crippen LogP contribution in [0.1, 0.15) is 58.4 Å². The van der Waals surface area contributed by atoms with E-state index in [0.29, 0.717) is 24.9 Å². The number of hydrogen-bond acceptors (Lipinski definition) is 3. The van der Waals surface area contributed by atoms with E-state index in [0.717, 1.165) is 5.56 Å². The highest BCUT2D eigenvalue weighted by atomic mass is 19.1. The Kier molecular flexibility index (Phi) is 5.57. The Bertz CT molecular complexity index is 451. The molecule has 0 aliphatic heterocycles. The summed E-state index contributed by atoms with van der Waals surface area (Å²) in [7, 11) is 0. The Labute approximate surface area is 127 Å². The first kappa shape index (κ1) is 16.2. The van der Waals surface area contributed by atoms with Gasteiger partial charge in [0.05, 0.1) is 12.8 Å². The molecule has 0 aromatic carbocycles. The van der Waals surface area contributed by atoms with Crippen LogP contribution >= 0.6 is 0 Å². The number of hydrogen-bond donors (Lipinski definition) is 1. The van der Waals surface area contributed by atoms with Crippen LogP contribution < -0.4 is 10.1 Å². The molecule has 1 heterocycles. The summed E-state index contributed by atoms with van der Waals surface area (Å²) in [4.78, 5) is 4.13. The van der Waals surface area contributed by atoms with Gasteiger partial charge in [-0.2, -0.15) is 0 Å². The zero-order valence-corrected chi connectivity index (χ0v) is 13.4. The van der Waals surface area contributed by atoms with Crippen molar-refractivity contribution in [2.45, 2.75) is 65.0 Å². The number of aromatic nitrogens is 1. The lowest BCUT2D eigenvalue weighted by atomic mass is 9.90. The topological polar surface area (TPSA) is 34.2 Å². The Hall–Kier alpha value is -1.16. The molecule has 1 aliphatic carbocycles. The summed E-state index contributed by atoms with van der Waals surface area (Å²) < 4.78 is 19.3. The molecule has 0 atom stereocenters. The molecular formula is C17H27FN2O. The van der Waals surface area contributed by atoms with Crippen LogP contribution in [0, 0.1) is 11.7 Å². The average Bonchev–Trinajstić information content (AvgIpc) is 2.44. The standard InChI is InChI=1S/C17H27FN2O/c1-17(2,3)20-10-14-9-15(18)11-19-16(14)21-12-13-7-5-4-6-8-13/h9,11,13,20H,4-8,10,12H2,1-3H3. The highest BCUT2D eigenvalue weighted by Gasteiger charge is 2.17. The van der Waals surface area contributed by atoms with E-state index in [4.69, 9.17) is 4.74 Å². The molecule has 1 N–H and O–H groups in total. The van der Waals surface area contributed by atoms with Crippen LogP contribution in [0.4, 0.5) is 4.39 Å². The van der Waals surface area contributed by atoms with Gasteiger partial charge in [-0.3, -0.25) is 0 Å². The minimum absolute atomic E-state index is 0.0209. The average molecular weight is 294 g/mol. The SMILES string of the molecule is CC(C)(C)NCc1cc(F)cnc1OCC1CCCCC1. The van der Waals surface area contributed by atoms with Gasteiger partial charge < -0.3 is 10.1 Å². The smallest absolute Gasteiger partial charge is 0.218 e. The van der Waals surface area contributed by atoms with Crippen molar-refractivity contribution in [1.29, 1.82) is 0 Å². The highest BCUT2D eigenvalue weighted by Crippen LogP contribution is 2.25. The molecule has 1 aromatic rings. The van der Waals surface area contributed by atoms with Crippen LogP contribution in [0.5, 0.6) is 5.88 Å². The van der Waals surface area contributed by atoms with Crippen molar-refractivity contribution in [3.05, 3.63) is 23.6 Å². The second kappa shape index (κ2) is 7.21. The third-order valence-electron chi connectivity index (χ3n) is 3.88. The van der Waals surface area contributed by atoms with Crippen LogP contribution in [-0.2, 0) is 6.54 Å². The van der Waals surface area contributed by atoms with E-state index in [1.165, 1.54) is 44.4 Å². The number of halogens is 1. The van der Waals surface area contributed by atoms with E-state index in [1.807, 2.05) is 0 Å². The number of ether oxygens (including phenoxy) is 1. The molecule has 21 heavy (non-hydrogen) atoms. The van der Waals surface area contributed by atoms with Gasteiger partial charge in [0.25, 0.3) is 0 Å². The lowest BCUT2D eigenvalue weighted by Crippen LogP contribution is -2.35. The van der Waals surface area contributed by atoms with Gasteiger partial charge in [0.2, 0.25) is 5.88 Å². The van der Waals surface area contributed by atoms with E-state index in [9.17, 15) is 4.39 Å². The van der Waals surface area contributed by atoms with Gasteiger partial charge in [0, 0.05) is 17.6 Å². The summed E-state index contributed by atoms with van der Waals surface area (Å²) in [6.45, 7) is 7.52. The summed E-state index contributed by atoms with van der Waals surface area (Å²) in [6, 6.07) is 1.52. The Morgan fingerprint density at radius 3 is 2.67 bits per heavy atom. The maximum atomic E-state index is 13.4. The lowest BCUT2D eigenvalue weighted by molar-refractivity contribution is 0.200. The van der Waals surface area contributed by atoms with E-state index in [2.05, 4.69) is 31.1 Å². The normalized spacial score (nSPS) is 17.0. The van der Waals surface area contributed by atoms with E-state index in [1.54, 1.807) is 0 Å². The van der Waals surface area contributed by atoms with Gasteiger partial charge in [-0.05, 0) is 45.6 Å². The van der Waals surface area contributed by atoms with Crippen LogP contribution in [0.25, 0.3) is 0 Å². The van der Waals surface area contributed by atoms with Gasteiger partial charge in [0.1, 0.15) is 5.82 Å². The molecule has 1 saturated carbocycles. The monoisotopic (exact) mass is 294 g/mol. The zero-order chi connectivity index (χ0) is 15.3. The molecular weight excluding hydrogens is 267 g/mol. The molecule has 0 radical (unpaired) electrons. The molecule has 2 rings (SSSR count). The Morgan fingerprint density at radius 2 is 2.00 bits per heavy atom. The number of pyridine rings is 1. The maximum Gasteiger partial charge on any atom is 0.218 e. The molecule has 0 amide bonds. The van der Waals surface area contributed by atoms with E-state index >= 15 is 0 Å². The van der Waals surface area contributed by atoms with Crippen LogP contribution in [-0.4, -0.2) is 17.1 Å². The summed E-state index contributed by atoms with van der Waals surface area (Å²) >= 11 is 0. The summed E-state index contributed by atoms with van der Waals surface area (Å²) in [5, 5.41) is 3.36. The van der Waals surface area contributed by atoms with Crippen molar-refractivity contribution >= 4 is 0 Å². The van der Waals surface area contributed by atoms with Crippen molar-refractivity contribution in [3.63, 3.8) is 0 Å². The molecule has 0 unspecified atom stereocenters. The molecule has 0 saturated heterocycles. The zero-order valence-electron chi connectivity index (χ0n) is 13.4. The first-order chi connectivity index (χ1) is 9.94. The first-order valence-corrected chi connectivity index (χ1v) is 7.96. The fraction of sp³-hybridized carbons (Fsp3) is 0.706. The van der Waals surface area contributed by atoms with E-state index < -0.39 is 0 Å². The number of rotatable bonds is 5. The fourth-order valence-corrected chi connectivity index (χ4v) is 2.64. The third kappa shape index (κ3) is 5.62. The maximum absolute atomic E-state index is 13.4. The molecule has 1 aliphatic rings. The quantitative estimate of drug-likeness (QED) is 0.889. The predicted molar refractivity (Wildman–Crippen MR) is 82.9 cm³/mol. The molecule has 0 bridgehead atoms. The van der Waals surface area contributed by atoms with Gasteiger partial charge in [-0.1, -0.05) is 19.3 Å². The van der Waals surface area contributed by atoms with Crippen molar-refractivity contribution in [2.24, 2.45) is 5.92 Å². The second-order valence-electron chi connectivity index (χ2n) is 7.04. The summed E-state index contributed by atoms with van der Waals surface area (Å²) in [6.07, 6.45) is 7.63. The van der Waals surface area contributed by atoms with Gasteiger partial charge in [0.15, 0.2) is 0 Å². The molecule has 4 heteroatoms. The second-order valence-corrected chi connectivity index (χ2v) is 7.04. The van der Waals surface area contributed by atoms with Gasteiger partial charge in [-0.25, -0.2) is 9.37 Å². The molecule has 1 aromatic heterocycles. The van der Waals surface area contributed by atoms with Crippen LogP contribution in [0.3, 0.4) is 0 Å². The summed E-state index contributed by atoms with van der Waals surface area (Å²) in [5.41, 5.74) is 0.771. The van der Waals surface area contributed by atoms with Gasteiger partial charge >= 0.3 is 0 Å². The highest BCUT2D eigenvalue weighted by molar-refractivity contribution is 5.26. The van der Waals surface area contributed by atoms with Gasteiger partial charge in [-0.15, -0.1) is 0 Å². The first-order valence-electron chi connectivity index (χ1n) is 7.96. The van der Waals surface area contributed by atoms with Crippen molar-refractivity contribution in [2.75, 3.05) is 6.61 Å². The van der Waals surface area contributed by atoms with Crippen LogP contribution in [0.15, 0.2) is 12.3 Å². The number of nitrogens with zero attached hydrogens (tertiary/aromatic N) is 1. The third-order valence-corrected chi connectivity index (χ3v) is 3.88. The van der Waals surface area contributed by atoms with Crippen molar-refractivity contribution < 1.29 is 9.13 Å². The van der Waals surface area contributed by atoms with E-state index in [-0.39, 0.29) is 11.4 Å². The minimum atomic E-state index is -0.314. The fourth-order valence-electron chi connectivity index (χ4n) is 2.64. The van der Waals surface area contributed by atoms with Crippen molar-refractivity contribution in [3.8, 4) is 5.88 Å². The predicted octanol–water partition coefficient (Wildman–Crippen LogP) is 4.07. The Balaban J connectivity index is 1.96. The van der Waals surface area contributed by atoms with Crippen molar-refractivity contribution in [1.82, 2.24) is 10.3 Å². The number of nitrogens with one attached hydrogen (secondary N) is 1. The van der Waals surface area contributed by atoms with Crippen LogP contribution in [0.2, 0.25) is 0 Å². The Morgan fingerprint density at radius 1 is 1.29 bits per heavy atom. The molecule has 0 spiro atoms. The molecule has 118 valence electrons. The lowest BCUT2D eigenvalue weighted by Gasteiger charge is -2.23. The molecule has 3 nitrogen and oxygen atoms in total. The summed E-state index contributed by atoms with van der Waals surface area (Å²) in [5.74, 6) is 0.874. The molecule has 1 fully saturated rings. The largest absolute Gasteiger partial charge is 0.477 e. The minimum Gasteiger partial charge on any atom is -0.477 e.